The number of carbonyl (C=O) groups excluding carboxylic acids is 1. The average Bonchev–Trinajstić information content (AvgIpc) is 3.04. The number of thiophene rings is 1. The molecule has 0 bridgehead atoms. The zero-order valence-corrected chi connectivity index (χ0v) is 14.3. The maximum Gasteiger partial charge on any atom is 0.264 e. The molecule has 0 spiro atoms. The first-order valence-electron chi connectivity index (χ1n) is 6.99. The molecule has 1 aromatic heterocycles. The van der Waals surface area contributed by atoms with Gasteiger partial charge in [-0.15, -0.1) is 11.3 Å². The Morgan fingerprint density at radius 1 is 1.19 bits per heavy atom. The summed E-state index contributed by atoms with van der Waals surface area (Å²) in [6.45, 7) is 5.44. The Morgan fingerprint density at radius 3 is 2.57 bits per heavy atom. The van der Waals surface area contributed by atoms with Crippen LogP contribution < -0.4 is 4.90 Å². The molecule has 0 atom stereocenters. The van der Waals surface area contributed by atoms with Crippen LogP contribution in [0.3, 0.4) is 0 Å². The summed E-state index contributed by atoms with van der Waals surface area (Å²) < 4.78 is 1.14. The Labute approximate surface area is 137 Å². The van der Waals surface area contributed by atoms with Crippen LogP contribution in [0.5, 0.6) is 0 Å². The van der Waals surface area contributed by atoms with Crippen molar-refractivity contribution in [2.24, 2.45) is 0 Å². The molecule has 1 aromatic carbocycles. The largest absolute Gasteiger partial charge is 0.368 e. The van der Waals surface area contributed by atoms with Crippen LogP contribution >= 0.6 is 27.3 Å². The fourth-order valence-corrected chi connectivity index (χ4v) is 3.49. The van der Waals surface area contributed by atoms with Crippen LogP contribution in [-0.4, -0.2) is 37.0 Å². The number of carbonyl (C=O) groups is 1. The molecule has 2 aromatic rings. The molecular formula is C16H17BrN2OS. The van der Waals surface area contributed by atoms with Crippen LogP contribution in [0.4, 0.5) is 5.69 Å². The van der Waals surface area contributed by atoms with E-state index in [1.165, 1.54) is 22.6 Å². The Kier molecular flexibility index (Phi) is 4.31. The quantitative estimate of drug-likeness (QED) is 0.809. The van der Waals surface area contributed by atoms with E-state index >= 15 is 0 Å². The van der Waals surface area contributed by atoms with Crippen molar-refractivity contribution in [3.8, 4) is 0 Å². The Hall–Kier alpha value is -1.33. The van der Waals surface area contributed by atoms with Crippen LogP contribution in [0, 0.1) is 6.92 Å². The van der Waals surface area contributed by atoms with Gasteiger partial charge in [-0.3, -0.25) is 4.79 Å². The minimum Gasteiger partial charge on any atom is -0.368 e. The summed E-state index contributed by atoms with van der Waals surface area (Å²) in [5, 5.41) is 1.95. The fourth-order valence-electron chi connectivity index (χ4n) is 2.55. The molecule has 0 radical (unpaired) electrons. The average molecular weight is 365 g/mol. The molecule has 5 heteroatoms. The zero-order chi connectivity index (χ0) is 14.8. The topological polar surface area (TPSA) is 23.6 Å². The summed E-state index contributed by atoms with van der Waals surface area (Å²) in [6, 6.07) is 10.2. The lowest BCUT2D eigenvalue weighted by Gasteiger charge is -2.36. The summed E-state index contributed by atoms with van der Waals surface area (Å²) in [5.74, 6) is 0.164. The number of rotatable bonds is 2. The molecule has 21 heavy (non-hydrogen) atoms. The molecule has 1 fully saturated rings. The fraction of sp³-hybridized carbons (Fsp3) is 0.312. The van der Waals surface area contributed by atoms with Gasteiger partial charge in [-0.05, 0) is 42.1 Å². The molecule has 1 saturated heterocycles. The second kappa shape index (κ2) is 6.20. The first-order chi connectivity index (χ1) is 10.1. The minimum absolute atomic E-state index is 0.164. The van der Waals surface area contributed by atoms with Gasteiger partial charge in [0.15, 0.2) is 0 Å². The van der Waals surface area contributed by atoms with Crippen molar-refractivity contribution in [3.63, 3.8) is 0 Å². The Morgan fingerprint density at radius 2 is 1.95 bits per heavy atom. The first kappa shape index (κ1) is 14.6. The van der Waals surface area contributed by atoms with Gasteiger partial charge in [0.25, 0.3) is 5.91 Å². The van der Waals surface area contributed by atoms with E-state index < -0.39 is 0 Å². The van der Waals surface area contributed by atoms with Crippen molar-refractivity contribution in [1.29, 1.82) is 0 Å². The number of benzene rings is 1. The molecule has 1 amide bonds. The normalized spacial score (nSPS) is 15.3. The van der Waals surface area contributed by atoms with Crippen LogP contribution in [0.1, 0.15) is 15.2 Å². The van der Waals surface area contributed by atoms with Crippen LogP contribution in [-0.2, 0) is 0 Å². The van der Waals surface area contributed by atoms with Crippen LogP contribution in [0.15, 0.2) is 40.2 Å². The molecule has 0 saturated carbocycles. The highest BCUT2D eigenvalue weighted by Gasteiger charge is 2.22. The third-order valence-corrected chi connectivity index (χ3v) is 5.55. The molecule has 1 aliphatic heterocycles. The van der Waals surface area contributed by atoms with Gasteiger partial charge in [-0.25, -0.2) is 0 Å². The van der Waals surface area contributed by atoms with Crippen molar-refractivity contribution >= 4 is 38.9 Å². The predicted octanol–water partition coefficient (Wildman–Crippen LogP) is 3.78. The van der Waals surface area contributed by atoms with E-state index in [1.807, 2.05) is 22.4 Å². The standard InChI is InChI=1S/C16H17BrN2OS/c1-12-11-13(4-5-14(12)17)18-6-8-19(9-7-18)16(20)15-3-2-10-21-15/h2-5,10-11H,6-9H2,1H3. The van der Waals surface area contributed by atoms with Gasteiger partial charge in [0.1, 0.15) is 0 Å². The molecule has 0 aliphatic carbocycles. The predicted molar refractivity (Wildman–Crippen MR) is 91.3 cm³/mol. The summed E-state index contributed by atoms with van der Waals surface area (Å²) >= 11 is 5.05. The minimum atomic E-state index is 0.164. The monoisotopic (exact) mass is 364 g/mol. The molecule has 0 unspecified atom stereocenters. The number of amides is 1. The summed E-state index contributed by atoms with van der Waals surface area (Å²) in [4.78, 5) is 17.4. The van der Waals surface area contributed by atoms with Gasteiger partial charge in [-0.1, -0.05) is 22.0 Å². The second-order valence-electron chi connectivity index (χ2n) is 5.19. The van der Waals surface area contributed by atoms with Gasteiger partial charge in [0.2, 0.25) is 0 Å². The maximum atomic E-state index is 12.3. The first-order valence-corrected chi connectivity index (χ1v) is 8.66. The molecule has 2 heterocycles. The Bertz CT molecular complexity index is 634. The second-order valence-corrected chi connectivity index (χ2v) is 6.99. The third kappa shape index (κ3) is 3.14. The molecular weight excluding hydrogens is 348 g/mol. The van der Waals surface area contributed by atoms with Crippen molar-refractivity contribution < 1.29 is 4.79 Å². The van der Waals surface area contributed by atoms with E-state index in [9.17, 15) is 4.79 Å². The number of halogens is 1. The van der Waals surface area contributed by atoms with E-state index in [0.717, 1.165) is 35.5 Å². The third-order valence-electron chi connectivity index (χ3n) is 3.81. The molecule has 3 nitrogen and oxygen atoms in total. The number of hydrogen-bond acceptors (Lipinski definition) is 3. The number of hydrogen-bond donors (Lipinski definition) is 0. The summed E-state index contributed by atoms with van der Waals surface area (Å²) in [7, 11) is 0. The van der Waals surface area contributed by atoms with Crippen molar-refractivity contribution in [1.82, 2.24) is 4.90 Å². The van der Waals surface area contributed by atoms with Gasteiger partial charge in [-0.2, -0.15) is 0 Å². The van der Waals surface area contributed by atoms with E-state index in [1.54, 1.807) is 0 Å². The molecule has 3 rings (SSSR count). The summed E-state index contributed by atoms with van der Waals surface area (Å²) in [5.41, 5.74) is 2.48. The smallest absolute Gasteiger partial charge is 0.264 e. The van der Waals surface area contributed by atoms with Crippen LogP contribution in [0.25, 0.3) is 0 Å². The van der Waals surface area contributed by atoms with Gasteiger partial charge < -0.3 is 9.80 Å². The van der Waals surface area contributed by atoms with Crippen molar-refractivity contribution in [2.45, 2.75) is 6.92 Å². The van der Waals surface area contributed by atoms with Gasteiger partial charge in [0.05, 0.1) is 4.88 Å². The highest BCUT2D eigenvalue weighted by atomic mass is 79.9. The van der Waals surface area contributed by atoms with E-state index in [-0.39, 0.29) is 5.91 Å². The number of piperazine rings is 1. The van der Waals surface area contributed by atoms with Gasteiger partial charge in [0, 0.05) is 36.3 Å². The molecule has 1 aliphatic rings. The molecule has 110 valence electrons. The zero-order valence-electron chi connectivity index (χ0n) is 11.9. The maximum absolute atomic E-state index is 12.3. The van der Waals surface area contributed by atoms with Crippen molar-refractivity contribution in [2.75, 3.05) is 31.1 Å². The van der Waals surface area contributed by atoms with Gasteiger partial charge >= 0.3 is 0 Å². The lowest BCUT2D eigenvalue weighted by molar-refractivity contribution is 0.0751. The molecule has 0 N–H and O–H groups in total. The van der Waals surface area contributed by atoms with E-state index in [0.29, 0.717) is 0 Å². The Balaban J connectivity index is 1.65. The van der Waals surface area contributed by atoms with Crippen molar-refractivity contribution in [3.05, 3.63) is 50.6 Å². The SMILES string of the molecule is Cc1cc(N2CCN(C(=O)c3cccs3)CC2)ccc1Br. The lowest BCUT2D eigenvalue weighted by Crippen LogP contribution is -2.48. The van der Waals surface area contributed by atoms with E-state index in [2.05, 4.69) is 46.0 Å². The lowest BCUT2D eigenvalue weighted by atomic mass is 10.2. The van der Waals surface area contributed by atoms with Crippen LogP contribution in [0.2, 0.25) is 0 Å². The number of anilines is 1. The highest BCUT2D eigenvalue weighted by Crippen LogP contribution is 2.24. The van der Waals surface area contributed by atoms with E-state index in [4.69, 9.17) is 0 Å². The highest BCUT2D eigenvalue weighted by molar-refractivity contribution is 9.10. The summed E-state index contributed by atoms with van der Waals surface area (Å²) in [6.07, 6.45) is 0. The number of aryl methyl sites for hydroxylation is 1. The number of nitrogens with zero attached hydrogens (tertiary/aromatic N) is 2.